The number of hydrogen-bond donors (Lipinski definition) is 4. The van der Waals surface area contributed by atoms with E-state index in [0.717, 1.165) is 75.3 Å². The lowest BCUT2D eigenvalue weighted by Crippen LogP contribution is -2.28. The highest BCUT2D eigenvalue weighted by atomic mass is 15.1. The van der Waals surface area contributed by atoms with Gasteiger partial charge in [-0.15, -0.1) is 0 Å². The van der Waals surface area contributed by atoms with Gasteiger partial charge in [0, 0.05) is 46.5 Å². The van der Waals surface area contributed by atoms with Crippen LogP contribution in [-0.4, -0.2) is 43.2 Å². The van der Waals surface area contributed by atoms with Gasteiger partial charge in [0.2, 0.25) is 0 Å². The van der Waals surface area contributed by atoms with Crippen LogP contribution < -0.4 is 10.6 Å². The minimum Gasteiger partial charge on any atom is -0.359 e. The number of rotatable bonds is 9. The molecule has 0 amide bonds. The molecule has 5 heterocycles. The number of aromatic amines is 2. The minimum absolute atomic E-state index is 0.636. The molecule has 0 spiro atoms. The third kappa shape index (κ3) is 5.60. The van der Waals surface area contributed by atoms with E-state index in [1.165, 1.54) is 12.8 Å². The molecule has 1 fully saturated rings. The summed E-state index contributed by atoms with van der Waals surface area (Å²) in [6, 6.07) is 12.2. The zero-order valence-electron chi connectivity index (χ0n) is 23.2. The van der Waals surface area contributed by atoms with Crippen LogP contribution in [0.1, 0.15) is 31.7 Å². The normalized spacial score (nSPS) is 15.0. The molecule has 0 unspecified atom stereocenters. The lowest BCUT2D eigenvalue weighted by Gasteiger charge is -2.24. The van der Waals surface area contributed by atoms with Crippen molar-refractivity contribution in [1.29, 1.82) is 0 Å². The molecule has 4 aromatic heterocycles. The average molecular weight is 543 g/mol. The summed E-state index contributed by atoms with van der Waals surface area (Å²) >= 11 is 0. The topological polar surface area (TPSA) is 107 Å². The number of benzene rings is 1. The number of fused-ring (bicyclic) bond motifs is 2. The molecule has 8 nitrogen and oxygen atoms in total. The second-order valence-corrected chi connectivity index (χ2v) is 10.4. The fourth-order valence-electron chi connectivity index (χ4n) is 5.50. The summed E-state index contributed by atoms with van der Waals surface area (Å²) in [6.45, 7) is 12.5. The van der Waals surface area contributed by atoms with Gasteiger partial charge in [-0.05, 0) is 92.7 Å². The number of piperidine rings is 1. The summed E-state index contributed by atoms with van der Waals surface area (Å²) in [6.07, 6.45) is 14.8. The fraction of sp³-hybridized carbons (Fsp3) is 0.212. The van der Waals surface area contributed by atoms with E-state index in [0.29, 0.717) is 17.4 Å². The van der Waals surface area contributed by atoms with Crippen LogP contribution in [0.4, 0.5) is 0 Å². The van der Waals surface area contributed by atoms with Gasteiger partial charge in [0.25, 0.3) is 0 Å². The molecule has 1 aromatic carbocycles. The minimum atomic E-state index is 0.636. The van der Waals surface area contributed by atoms with E-state index in [1.807, 2.05) is 37.4 Å². The molecule has 5 aromatic rings. The molecule has 8 heteroatoms. The first-order chi connectivity index (χ1) is 20.1. The summed E-state index contributed by atoms with van der Waals surface area (Å²) in [5, 5.41) is 15.7. The number of nitrogens with one attached hydrogen (secondary N) is 4. The van der Waals surface area contributed by atoms with Gasteiger partial charge in [0.05, 0.1) is 11.0 Å². The Morgan fingerprint density at radius 3 is 2.80 bits per heavy atom. The van der Waals surface area contributed by atoms with Gasteiger partial charge in [-0.1, -0.05) is 31.4 Å². The van der Waals surface area contributed by atoms with Crippen LogP contribution in [0.2, 0.25) is 0 Å². The van der Waals surface area contributed by atoms with E-state index in [1.54, 1.807) is 12.4 Å². The first-order valence-electron chi connectivity index (χ1n) is 14.0. The van der Waals surface area contributed by atoms with Crippen molar-refractivity contribution in [1.82, 2.24) is 40.8 Å². The maximum Gasteiger partial charge on any atom is 0.178 e. The van der Waals surface area contributed by atoms with Gasteiger partial charge in [0.15, 0.2) is 11.5 Å². The Kier molecular flexibility index (Phi) is 7.56. The van der Waals surface area contributed by atoms with E-state index in [2.05, 4.69) is 79.3 Å². The van der Waals surface area contributed by atoms with Crippen molar-refractivity contribution in [3.8, 4) is 22.6 Å². The molecule has 0 radical (unpaired) electrons. The Hall–Kier alpha value is -4.82. The molecule has 4 N–H and O–H groups in total. The Morgan fingerprint density at radius 2 is 2.02 bits per heavy atom. The third-order valence-electron chi connectivity index (χ3n) is 7.64. The highest BCUT2D eigenvalue weighted by Gasteiger charge is 2.17. The molecule has 1 aliphatic heterocycles. The molecular weight excluding hydrogens is 508 g/mol. The van der Waals surface area contributed by atoms with Crippen molar-refractivity contribution in [2.24, 2.45) is 5.92 Å². The van der Waals surface area contributed by atoms with E-state index in [-0.39, 0.29) is 0 Å². The monoisotopic (exact) mass is 542 g/mol. The first-order valence-corrected chi connectivity index (χ1v) is 14.0. The van der Waals surface area contributed by atoms with Gasteiger partial charge >= 0.3 is 0 Å². The molecule has 0 aliphatic carbocycles. The van der Waals surface area contributed by atoms with E-state index < -0.39 is 0 Å². The summed E-state index contributed by atoms with van der Waals surface area (Å²) in [7, 11) is 0. The maximum absolute atomic E-state index is 4.80. The molecule has 206 valence electrons. The average Bonchev–Trinajstić information content (AvgIpc) is 3.64. The Bertz CT molecular complexity index is 1770. The number of H-pyrrole nitrogens is 2. The highest BCUT2D eigenvalue weighted by Crippen LogP contribution is 2.32. The second kappa shape index (κ2) is 11.7. The van der Waals surface area contributed by atoms with Crippen molar-refractivity contribution in [3.05, 3.63) is 103 Å². The number of imidazole rings is 1. The number of pyridine rings is 2. The van der Waals surface area contributed by atoms with Crippen LogP contribution in [0.15, 0.2) is 97.8 Å². The summed E-state index contributed by atoms with van der Waals surface area (Å²) in [4.78, 5) is 17.0. The largest absolute Gasteiger partial charge is 0.359 e. The van der Waals surface area contributed by atoms with Gasteiger partial charge in [-0.3, -0.25) is 10.1 Å². The van der Waals surface area contributed by atoms with Crippen LogP contribution >= 0.6 is 0 Å². The van der Waals surface area contributed by atoms with Gasteiger partial charge in [-0.25, -0.2) is 9.97 Å². The molecular formula is C33H34N8. The standard InChI is InChI=1S/C33H34N8/c1-4-23(18-26(5-2)37-21(3)17-22-10-14-34-15-11-22)24-8-9-29-28(19-24)31(41-40-29)33-38-30-27(12-16-36-32(30)39-33)25-7-6-13-35-20-25/h4-9,12-13,16,18-20,22,34,37H,2-3,10-11,14-15,17H2,1H3,(H,40,41)(H,36,38,39)/b23-4+,26-18+. The summed E-state index contributed by atoms with van der Waals surface area (Å²) in [5.74, 6) is 1.33. The third-order valence-corrected chi connectivity index (χ3v) is 7.64. The fourth-order valence-corrected chi connectivity index (χ4v) is 5.50. The van der Waals surface area contributed by atoms with Crippen molar-refractivity contribution in [3.63, 3.8) is 0 Å². The number of allylic oxidation sites excluding steroid dienone is 5. The SMILES string of the molecule is C=C/C(=C\C(=C/C)c1ccc2[nH]nc(-c3nc4nccc(-c5cccnc5)c4[nH]3)c2c1)NC(=C)CC1CCNCC1. The van der Waals surface area contributed by atoms with Gasteiger partial charge in [0.1, 0.15) is 5.69 Å². The number of nitrogens with zero attached hydrogens (tertiary/aromatic N) is 4. The smallest absolute Gasteiger partial charge is 0.178 e. The molecule has 0 saturated carbocycles. The number of hydrogen-bond acceptors (Lipinski definition) is 6. The lowest BCUT2D eigenvalue weighted by molar-refractivity contribution is 0.368. The van der Waals surface area contributed by atoms with Crippen molar-refractivity contribution >= 4 is 27.6 Å². The zero-order valence-corrected chi connectivity index (χ0v) is 23.2. The number of aromatic nitrogens is 6. The zero-order chi connectivity index (χ0) is 28.2. The summed E-state index contributed by atoms with van der Waals surface area (Å²) in [5.41, 5.74) is 9.25. The lowest BCUT2D eigenvalue weighted by atomic mass is 9.93. The van der Waals surface area contributed by atoms with Crippen molar-refractivity contribution in [2.45, 2.75) is 26.2 Å². The first kappa shape index (κ1) is 26.4. The van der Waals surface area contributed by atoms with E-state index in [4.69, 9.17) is 4.98 Å². The predicted octanol–water partition coefficient (Wildman–Crippen LogP) is 6.53. The Balaban J connectivity index is 1.30. The van der Waals surface area contributed by atoms with Crippen molar-refractivity contribution in [2.75, 3.05) is 13.1 Å². The summed E-state index contributed by atoms with van der Waals surface area (Å²) < 4.78 is 0. The van der Waals surface area contributed by atoms with Crippen LogP contribution in [-0.2, 0) is 0 Å². The predicted molar refractivity (Wildman–Crippen MR) is 167 cm³/mol. The quantitative estimate of drug-likeness (QED) is 0.158. The van der Waals surface area contributed by atoms with Crippen LogP contribution in [0, 0.1) is 5.92 Å². The van der Waals surface area contributed by atoms with Gasteiger partial charge < -0.3 is 15.6 Å². The van der Waals surface area contributed by atoms with E-state index >= 15 is 0 Å². The van der Waals surface area contributed by atoms with Gasteiger partial charge in [-0.2, -0.15) is 5.10 Å². The highest BCUT2D eigenvalue weighted by molar-refractivity contribution is 5.97. The van der Waals surface area contributed by atoms with Crippen LogP contribution in [0.3, 0.4) is 0 Å². The second-order valence-electron chi connectivity index (χ2n) is 10.4. The Morgan fingerprint density at radius 1 is 1.15 bits per heavy atom. The molecule has 0 atom stereocenters. The molecule has 6 rings (SSSR count). The van der Waals surface area contributed by atoms with Crippen LogP contribution in [0.25, 0.3) is 50.3 Å². The molecule has 0 bridgehead atoms. The molecule has 1 aliphatic rings. The Labute approximate surface area is 239 Å². The molecule has 41 heavy (non-hydrogen) atoms. The maximum atomic E-state index is 4.80. The van der Waals surface area contributed by atoms with Crippen LogP contribution in [0.5, 0.6) is 0 Å². The van der Waals surface area contributed by atoms with E-state index in [9.17, 15) is 0 Å². The van der Waals surface area contributed by atoms with Crippen molar-refractivity contribution < 1.29 is 0 Å². The molecule has 1 saturated heterocycles.